The van der Waals surface area contributed by atoms with Crippen molar-refractivity contribution in [2.24, 2.45) is 0 Å². The maximum atomic E-state index is 12.9. The van der Waals surface area contributed by atoms with E-state index in [0.717, 1.165) is 4.68 Å². The van der Waals surface area contributed by atoms with E-state index in [1.54, 1.807) is 30.3 Å². The number of carbonyl (C=O) groups is 3. The molecule has 1 atom stereocenters. The highest BCUT2D eigenvalue weighted by molar-refractivity contribution is 6.42. The van der Waals surface area contributed by atoms with Gasteiger partial charge in [0.2, 0.25) is 5.91 Å². The fourth-order valence-electron chi connectivity index (χ4n) is 3.26. The summed E-state index contributed by atoms with van der Waals surface area (Å²) in [6, 6.07) is 8.20. The van der Waals surface area contributed by atoms with Crippen LogP contribution in [0.3, 0.4) is 0 Å². The van der Waals surface area contributed by atoms with Gasteiger partial charge in [0.05, 0.1) is 15.4 Å². The van der Waals surface area contributed by atoms with Gasteiger partial charge in [-0.15, -0.1) is 5.10 Å². The quantitative estimate of drug-likeness (QED) is 0.496. The molecule has 0 bridgehead atoms. The fourth-order valence-corrected chi connectivity index (χ4v) is 3.56. The van der Waals surface area contributed by atoms with Gasteiger partial charge in [-0.2, -0.15) is 4.68 Å². The van der Waals surface area contributed by atoms with Crippen LogP contribution in [0.5, 0.6) is 0 Å². The second-order valence-corrected chi connectivity index (χ2v) is 7.91. The summed E-state index contributed by atoms with van der Waals surface area (Å²) in [6.45, 7) is 0.128. The number of benzene rings is 2. The predicted octanol–water partition coefficient (Wildman–Crippen LogP) is 2.40. The predicted molar refractivity (Wildman–Crippen MR) is 118 cm³/mol. The Labute approximate surface area is 190 Å². The Hall–Kier alpha value is -3.50. The first-order chi connectivity index (χ1) is 15.3. The zero-order valence-corrected chi connectivity index (χ0v) is 17.9. The third-order valence-corrected chi connectivity index (χ3v) is 5.62. The molecular weight excluding hydrogens is 459 g/mol. The van der Waals surface area contributed by atoms with E-state index in [0.29, 0.717) is 26.8 Å². The van der Waals surface area contributed by atoms with E-state index >= 15 is 0 Å². The number of piperidine rings is 1. The maximum Gasteiger partial charge on any atom is 0.319 e. The molecule has 0 saturated carbocycles. The summed E-state index contributed by atoms with van der Waals surface area (Å²) in [5.74, 6) is -0.977. The number of hydrogen-bond acceptors (Lipinski definition) is 6. The van der Waals surface area contributed by atoms with Crippen molar-refractivity contribution in [3.8, 4) is 0 Å². The number of amides is 4. The Morgan fingerprint density at radius 2 is 1.94 bits per heavy atom. The number of halogens is 2. The van der Waals surface area contributed by atoms with Gasteiger partial charge in [-0.05, 0) is 42.3 Å². The Kier molecular flexibility index (Phi) is 6.06. The molecule has 32 heavy (non-hydrogen) atoms. The lowest BCUT2D eigenvalue weighted by Crippen LogP contribution is -2.45. The number of imide groups is 1. The van der Waals surface area contributed by atoms with Gasteiger partial charge in [-0.25, -0.2) is 4.79 Å². The molecule has 1 aromatic heterocycles. The topological polar surface area (TPSA) is 135 Å². The third-order valence-electron chi connectivity index (χ3n) is 4.88. The normalized spacial score (nSPS) is 16.0. The largest absolute Gasteiger partial charge is 0.334 e. The molecule has 1 saturated heterocycles. The molecule has 1 aliphatic heterocycles. The Balaban J connectivity index is 1.50. The lowest BCUT2D eigenvalue weighted by molar-refractivity contribution is -0.136. The van der Waals surface area contributed by atoms with E-state index in [4.69, 9.17) is 23.2 Å². The molecular formula is C20H16Cl2N6O4. The zero-order chi connectivity index (χ0) is 22.8. The molecule has 12 heteroatoms. The molecule has 4 rings (SSSR count). The molecule has 1 fully saturated rings. The van der Waals surface area contributed by atoms with Crippen LogP contribution in [-0.2, 0) is 16.1 Å². The third kappa shape index (κ3) is 4.56. The van der Waals surface area contributed by atoms with Gasteiger partial charge in [0.25, 0.3) is 11.5 Å². The van der Waals surface area contributed by atoms with Crippen LogP contribution in [0, 0.1) is 0 Å². The van der Waals surface area contributed by atoms with Crippen LogP contribution in [0.25, 0.3) is 10.9 Å². The number of nitrogens with one attached hydrogen (secondary N) is 3. The second kappa shape index (κ2) is 8.93. The van der Waals surface area contributed by atoms with Crippen LogP contribution < -0.4 is 21.5 Å². The number of aromatic nitrogens is 3. The van der Waals surface area contributed by atoms with Crippen LogP contribution in [-0.4, -0.2) is 32.8 Å². The molecule has 3 N–H and O–H groups in total. The van der Waals surface area contributed by atoms with Gasteiger partial charge >= 0.3 is 6.03 Å². The van der Waals surface area contributed by atoms with Crippen LogP contribution in [0.15, 0.2) is 41.2 Å². The average Bonchev–Trinajstić information content (AvgIpc) is 2.76. The van der Waals surface area contributed by atoms with Gasteiger partial charge in [-0.3, -0.25) is 19.7 Å². The number of fused-ring (bicyclic) bond motifs is 1. The zero-order valence-electron chi connectivity index (χ0n) is 16.4. The first kappa shape index (κ1) is 21.7. The highest BCUT2D eigenvalue weighted by Crippen LogP contribution is 2.25. The SMILES string of the molecule is O=C1CCC(n2nnc3ccc(CNC(=O)Nc4ccc(Cl)c(Cl)c4)cc3c2=O)C(=O)N1. The number of rotatable bonds is 4. The lowest BCUT2D eigenvalue weighted by Gasteiger charge is -2.21. The molecule has 0 radical (unpaired) electrons. The van der Waals surface area contributed by atoms with Crippen molar-refractivity contribution < 1.29 is 14.4 Å². The van der Waals surface area contributed by atoms with E-state index in [2.05, 4.69) is 26.3 Å². The van der Waals surface area contributed by atoms with E-state index in [9.17, 15) is 19.2 Å². The van der Waals surface area contributed by atoms with Crippen LogP contribution >= 0.6 is 23.2 Å². The summed E-state index contributed by atoms with van der Waals surface area (Å²) < 4.78 is 0.984. The summed E-state index contributed by atoms with van der Waals surface area (Å²) in [5.41, 5.74) is 0.952. The van der Waals surface area contributed by atoms with Crippen molar-refractivity contribution in [2.75, 3.05) is 5.32 Å². The van der Waals surface area contributed by atoms with Crippen molar-refractivity contribution in [3.05, 3.63) is 62.4 Å². The molecule has 2 heterocycles. The Morgan fingerprint density at radius 3 is 2.69 bits per heavy atom. The fraction of sp³-hybridized carbons (Fsp3) is 0.200. The van der Waals surface area contributed by atoms with Crippen LogP contribution in [0.4, 0.5) is 10.5 Å². The number of nitrogens with zero attached hydrogens (tertiary/aromatic N) is 3. The molecule has 0 aliphatic carbocycles. The molecule has 1 aliphatic rings. The monoisotopic (exact) mass is 474 g/mol. The van der Waals surface area contributed by atoms with E-state index in [1.165, 1.54) is 6.07 Å². The van der Waals surface area contributed by atoms with Gasteiger partial charge in [0.1, 0.15) is 11.6 Å². The Morgan fingerprint density at radius 1 is 1.12 bits per heavy atom. The smallest absolute Gasteiger partial charge is 0.319 e. The van der Waals surface area contributed by atoms with Gasteiger partial charge < -0.3 is 10.6 Å². The van der Waals surface area contributed by atoms with E-state index < -0.39 is 23.5 Å². The standard InChI is InChI=1S/C20H16Cl2N6O4/c21-13-3-2-11(8-14(13)22)24-20(32)23-9-10-1-4-15-12(7-10)19(31)28(27-26-15)16-5-6-17(29)25-18(16)30/h1-4,7-8,16H,5-6,9H2,(H2,23,24,32)(H,25,29,30). The number of urea groups is 1. The molecule has 1 unspecified atom stereocenters. The van der Waals surface area contributed by atoms with Crippen molar-refractivity contribution in [3.63, 3.8) is 0 Å². The Bertz CT molecular complexity index is 1310. The minimum Gasteiger partial charge on any atom is -0.334 e. The van der Waals surface area contributed by atoms with E-state index in [1.807, 2.05) is 0 Å². The summed E-state index contributed by atoms with van der Waals surface area (Å²) in [4.78, 5) is 48.6. The molecule has 164 valence electrons. The minimum absolute atomic E-state index is 0.112. The highest BCUT2D eigenvalue weighted by atomic mass is 35.5. The minimum atomic E-state index is -0.907. The van der Waals surface area contributed by atoms with Gasteiger partial charge in [0.15, 0.2) is 0 Å². The van der Waals surface area contributed by atoms with Gasteiger partial charge in [-0.1, -0.05) is 34.5 Å². The number of hydrogen-bond donors (Lipinski definition) is 3. The first-order valence-electron chi connectivity index (χ1n) is 9.53. The van der Waals surface area contributed by atoms with Crippen molar-refractivity contribution >= 4 is 57.6 Å². The summed E-state index contributed by atoms with van der Waals surface area (Å²) >= 11 is 11.8. The molecule has 0 spiro atoms. The first-order valence-corrected chi connectivity index (χ1v) is 10.3. The van der Waals surface area contributed by atoms with Crippen LogP contribution in [0.2, 0.25) is 10.0 Å². The van der Waals surface area contributed by atoms with Crippen molar-refractivity contribution in [2.45, 2.75) is 25.4 Å². The van der Waals surface area contributed by atoms with Crippen molar-refractivity contribution in [1.29, 1.82) is 0 Å². The molecule has 4 amide bonds. The average molecular weight is 475 g/mol. The maximum absolute atomic E-state index is 12.9. The van der Waals surface area contributed by atoms with Gasteiger partial charge in [0, 0.05) is 18.7 Å². The lowest BCUT2D eigenvalue weighted by atomic mass is 10.1. The van der Waals surface area contributed by atoms with Crippen LogP contribution in [0.1, 0.15) is 24.4 Å². The number of anilines is 1. The van der Waals surface area contributed by atoms with E-state index in [-0.39, 0.29) is 30.7 Å². The summed E-state index contributed by atoms with van der Waals surface area (Å²) in [5, 5.41) is 16.3. The highest BCUT2D eigenvalue weighted by Gasteiger charge is 2.30. The summed E-state index contributed by atoms with van der Waals surface area (Å²) in [7, 11) is 0. The molecule has 2 aromatic carbocycles. The molecule has 3 aromatic rings. The number of carbonyl (C=O) groups excluding carboxylic acids is 3. The van der Waals surface area contributed by atoms with Crippen molar-refractivity contribution in [1.82, 2.24) is 25.6 Å². The molecule has 10 nitrogen and oxygen atoms in total. The second-order valence-electron chi connectivity index (χ2n) is 7.09. The summed E-state index contributed by atoms with van der Waals surface area (Å²) in [6.07, 6.45) is 0.279.